The van der Waals surface area contributed by atoms with Gasteiger partial charge in [0.1, 0.15) is 23.6 Å². The molecule has 0 bridgehead atoms. The molecular weight excluding hydrogens is 322 g/mol. The van der Waals surface area contributed by atoms with Gasteiger partial charge in [-0.2, -0.15) is 0 Å². The van der Waals surface area contributed by atoms with Gasteiger partial charge in [-0.25, -0.2) is 14.8 Å². The van der Waals surface area contributed by atoms with Gasteiger partial charge in [-0.05, 0) is 12.1 Å². The summed E-state index contributed by atoms with van der Waals surface area (Å²) in [5, 5.41) is 0.721. The van der Waals surface area contributed by atoms with Crippen molar-refractivity contribution in [1.29, 1.82) is 0 Å². The predicted octanol–water partition coefficient (Wildman–Crippen LogP) is 1.88. The van der Waals surface area contributed by atoms with Gasteiger partial charge in [0, 0.05) is 30.6 Å². The van der Waals surface area contributed by atoms with Crippen LogP contribution < -0.4 is 10.4 Å². The van der Waals surface area contributed by atoms with Crippen molar-refractivity contribution in [2.75, 3.05) is 13.1 Å². The molecule has 7 heteroatoms. The monoisotopic (exact) mass is 337 g/mol. The molecule has 1 aliphatic heterocycles. The van der Waals surface area contributed by atoms with Gasteiger partial charge in [0.2, 0.25) is 5.88 Å². The molecule has 0 saturated carbocycles. The van der Waals surface area contributed by atoms with Crippen molar-refractivity contribution in [2.45, 2.75) is 12.5 Å². The summed E-state index contributed by atoms with van der Waals surface area (Å²) in [6, 6.07) is 10.4. The van der Waals surface area contributed by atoms with Gasteiger partial charge < -0.3 is 14.1 Å². The number of hydrogen-bond donors (Lipinski definition) is 0. The lowest BCUT2D eigenvalue weighted by Gasteiger charge is -2.16. The molecular formula is C18H15N3O4. The summed E-state index contributed by atoms with van der Waals surface area (Å²) in [4.78, 5) is 34.3. The normalized spacial score (nSPS) is 17.0. The number of amides is 1. The predicted molar refractivity (Wildman–Crippen MR) is 89.5 cm³/mol. The maximum absolute atomic E-state index is 12.7. The number of carbonyl (C=O) groups excluding carboxylic acids is 1. The molecule has 4 rings (SSSR count). The highest BCUT2D eigenvalue weighted by molar-refractivity contribution is 5.96. The van der Waals surface area contributed by atoms with Crippen LogP contribution in [0.3, 0.4) is 0 Å². The van der Waals surface area contributed by atoms with Crippen molar-refractivity contribution >= 4 is 16.9 Å². The minimum atomic E-state index is -0.621. The van der Waals surface area contributed by atoms with E-state index in [0.717, 1.165) is 5.39 Å². The molecule has 126 valence electrons. The Bertz CT molecular complexity index is 971. The van der Waals surface area contributed by atoms with E-state index in [-0.39, 0.29) is 17.6 Å². The van der Waals surface area contributed by atoms with Crippen LogP contribution in [-0.2, 0) is 0 Å². The SMILES string of the molecule is O=C(c1cc2ccccc2oc1=O)N1CCC(Oc2ccncn2)C1. The summed E-state index contributed by atoms with van der Waals surface area (Å²) in [6.07, 6.45) is 3.52. The van der Waals surface area contributed by atoms with Crippen molar-refractivity contribution in [1.82, 2.24) is 14.9 Å². The highest BCUT2D eigenvalue weighted by Gasteiger charge is 2.30. The number of nitrogens with zero attached hydrogens (tertiary/aromatic N) is 3. The number of benzene rings is 1. The third-order valence-electron chi connectivity index (χ3n) is 4.15. The first-order valence-corrected chi connectivity index (χ1v) is 7.95. The highest BCUT2D eigenvalue weighted by Crippen LogP contribution is 2.19. The fourth-order valence-corrected chi connectivity index (χ4v) is 2.91. The summed E-state index contributed by atoms with van der Waals surface area (Å²) in [5.41, 5.74) is -0.110. The van der Waals surface area contributed by atoms with Gasteiger partial charge in [-0.3, -0.25) is 4.79 Å². The number of likely N-dealkylation sites (tertiary alicyclic amines) is 1. The highest BCUT2D eigenvalue weighted by atomic mass is 16.5. The summed E-state index contributed by atoms with van der Waals surface area (Å²) in [7, 11) is 0. The Kier molecular flexibility index (Phi) is 3.89. The standard InChI is InChI=1S/C18H15N3O4/c22-17(14-9-12-3-1-2-4-15(12)25-18(14)23)21-8-6-13(10-21)24-16-5-7-19-11-20-16/h1-5,7,9,11,13H,6,8,10H2. The fourth-order valence-electron chi connectivity index (χ4n) is 2.91. The van der Waals surface area contributed by atoms with E-state index in [9.17, 15) is 9.59 Å². The minimum absolute atomic E-state index is 0.0430. The van der Waals surface area contributed by atoms with E-state index in [4.69, 9.17) is 9.15 Å². The van der Waals surface area contributed by atoms with Crippen LogP contribution in [0.2, 0.25) is 0 Å². The topological polar surface area (TPSA) is 85.5 Å². The molecule has 0 aliphatic carbocycles. The zero-order chi connectivity index (χ0) is 17.2. The Labute approximate surface area is 142 Å². The smallest absolute Gasteiger partial charge is 0.349 e. The average Bonchev–Trinajstić information content (AvgIpc) is 3.10. The van der Waals surface area contributed by atoms with E-state index in [1.54, 1.807) is 41.4 Å². The summed E-state index contributed by atoms with van der Waals surface area (Å²) in [6.45, 7) is 0.913. The van der Waals surface area contributed by atoms with Gasteiger partial charge >= 0.3 is 5.63 Å². The van der Waals surface area contributed by atoms with E-state index >= 15 is 0 Å². The molecule has 1 saturated heterocycles. The molecule has 1 aromatic carbocycles. The first-order chi connectivity index (χ1) is 12.2. The summed E-state index contributed by atoms with van der Waals surface area (Å²) >= 11 is 0. The Morgan fingerprint density at radius 2 is 2.16 bits per heavy atom. The Morgan fingerprint density at radius 3 is 3.00 bits per heavy atom. The molecule has 1 fully saturated rings. The summed E-state index contributed by atoms with van der Waals surface area (Å²) < 4.78 is 11.0. The average molecular weight is 337 g/mol. The van der Waals surface area contributed by atoms with Crippen LogP contribution in [0.25, 0.3) is 11.0 Å². The Balaban J connectivity index is 1.52. The van der Waals surface area contributed by atoms with Gasteiger partial charge in [-0.1, -0.05) is 18.2 Å². The zero-order valence-electron chi connectivity index (χ0n) is 13.3. The van der Waals surface area contributed by atoms with Crippen LogP contribution in [-0.4, -0.2) is 40.0 Å². The molecule has 25 heavy (non-hydrogen) atoms. The van der Waals surface area contributed by atoms with Crippen molar-refractivity contribution in [3.05, 3.63) is 64.9 Å². The Morgan fingerprint density at radius 1 is 1.28 bits per heavy atom. The number of aromatic nitrogens is 2. The lowest BCUT2D eigenvalue weighted by Crippen LogP contribution is -2.33. The molecule has 3 aromatic rings. The number of carbonyl (C=O) groups is 1. The second-order valence-corrected chi connectivity index (χ2v) is 5.81. The van der Waals surface area contributed by atoms with Crippen molar-refractivity contribution in [2.24, 2.45) is 0 Å². The first-order valence-electron chi connectivity index (χ1n) is 7.95. The number of fused-ring (bicyclic) bond motifs is 1. The van der Waals surface area contributed by atoms with Gasteiger partial charge in [0.15, 0.2) is 0 Å². The van der Waals surface area contributed by atoms with Crippen LogP contribution in [0, 0.1) is 0 Å². The lowest BCUT2D eigenvalue weighted by molar-refractivity contribution is 0.0767. The second-order valence-electron chi connectivity index (χ2n) is 5.81. The summed E-state index contributed by atoms with van der Waals surface area (Å²) in [5.74, 6) is 0.132. The molecule has 7 nitrogen and oxygen atoms in total. The number of para-hydroxylation sites is 1. The van der Waals surface area contributed by atoms with Gasteiger partial charge in [0.25, 0.3) is 5.91 Å². The number of rotatable bonds is 3. The van der Waals surface area contributed by atoms with Crippen LogP contribution in [0.4, 0.5) is 0 Å². The molecule has 2 aromatic heterocycles. The van der Waals surface area contributed by atoms with Crippen LogP contribution in [0.1, 0.15) is 16.8 Å². The molecule has 1 amide bonds. The van der Waals surface area contributed by atoms with E-state index in [0.29, 0.717) is 31.0 Å². The van der Waals surface area contributed by atoms with E-state index in [1.807, 2.05) is 6.07 Å². The molecule has 1 atom stereocenters. The van der Waals surface area contributed by atoms with E-state index in [1.165, 1.54) is 6.33 Å². The third-order valence-corrected chi connectivity index (χ3v) is 4.15. The third kappa shape index (κ3) is 3.08. The largest absolute Gasteiger partial charge is 0.472 e. The maximum Gasteiger partial charge on any atom is 0.349 e. The quantitative estimate of drug-likeness (QED) is 0.678. The second kappa shape index (κ2) is 6.35. The molecule has 0 spiro atoms. The Hall–Kier alpha value is -3.22. The van der Waals surface area contributed by atoms with Gasteiger partial charge in [0.05, 0.1) is 6.54 Å². The fraction of sp³-hybridized carbons (Fsp3) is 0.222. The molecule has 0 radical (unpaired) electrons. The molecule has 0 N–H and O–H groups in total. The maximum atomic E-state index is 12.7. The first kappa shape index (κ1) is 15.3. The van der Waals surface area contributed by atoms with E-state index in [2.05, 4.69) is 9.97 Å². The van der Waals surface area contributed by atoms with Crippen LogP contribution in [0.15, 0.2) is 58.1 Å². The van der Waals surface area contributed by atoms with E-state index < -0.39 is 5.63 Å². The molecule has 3 heterocycles. The minimum Gasteiger partial charge on any atom is -0.472 e. The van der Waals surface area contributed by atoms with Crippen LogP contribution >= 0.6 is 0 Å². The van der Waals surface area contributed by atoms with Gasteiger partial charge in [-0.15, -0.1) is 0 Å². The number of ether oxygens (including phenoxy) is 1. The molecule has 1 aliphatic rings. The van der Waals surface area contributed by atoms with Crippen molar-refractivity contribution in [3.8, 4) is 5.88 Å². The van der Waals surface area contributed by atoms with Crippen molar-refractivity contribution in [3.63, 3.8) is 0 Å². The molecule has 1 unspecified atom stereocenters. The number of hydrogen-bond acceptors (Lipinski definition) is 6. The zero-order valence-corrected chi connectivity index (χ0v) is 13.3. The van der Waals surface area contributed by atoms with Crippen molar-refractivity contribution < 1.29 is 13.9 Å². The van der Waals surface area contributed by atoms with Crippen LogP contribution in [0.5, 0.6) is 5.88 Å². The lowest BCUT2D eigenvalue weighted by atomic mass is 10.1.